The SMILES string of the molecule is CCCc1[nH]n(-c2nc3ccccc3s2)c(=O)c1C=NCc1ccccc1. The van der Waals surface area contributed by atoms with Crippen molar-refractivity contribution in [3.05, 3.63) is 81.8 Å². The average Bonchev–Trinajstić information content (AvgIpc) is 3.25. The number of hydrogen-bond donors (Lipinski definition) is 1. The van der Waals surface area contributed by atoms with E-state index in [1.807, 2.05) is 54.6 Å². The number of aromatic amines is 1. The van der Waals surface area contributed by atoms with Gasteiger partial charge in [0.25, 0.3) is 5.56 Å². The molecule has 0 fully saturated rings. The number of aromatic nitrogens is 3. The van der Waals surface area contributed by atoms with Gasteiger partial charge in [-0.05, 0) is 24.1 Å². The van der Waals surface area contributed by atoms with Gasteiger partial charge in [-0.2, -0.15) is 4.68 Å². The molecule has 2 aromatic heterocycles. The first kappa shape index (κ1) is 17.4. The van der Waals surface area contributed by atoms with Crippen LogP contribution < -0.4 is 5.56 Å². The van der Waals surface area contributed by atoms with E-state index < -0.39 is 0 Å². The van der Waals surface area contributed by atoms with Crippen molar-refractivity contribution in [2.24, 2.45) is 4.99 Å². The van der Waals surface area contributed by atoms with Crippen molar-refractivity contribution < 1.29 is 0 Å². The van der Waals surface area contributed by atoms with Gasteiger partial charge in [0.2, 0.25) is 5.13 Å². The molecule has 0 saturated heterocycles. The maximum absolute atomic E-state index is 13.0. The molecule has 6 heteroatoms. The van der Waals surface area contributed by atoms with E-state index in [0.717, 1.165) is 34.3 Å². The monoisotopic (exact) mass is 376 g/mol. The van der Waals surface area contributed by atoms with Gasteiger partial charge in [-0.3, -0.25) is 14.9 Å². The van der Waals surface area contributed by atoms with Crippen LogP contribution in [-0.4, -0.2) is 21.0 Å². The molecular formula is C21H20N4OS. The molecular weight excluding hydrogens is 356 g/mol. The van der Waals surface area contributed by atoms with Crippen LogP contribution in [0.4, 0.5) is 0 Å². The van der Waals surface area contributed by atoms with Crippen molar-refractivity contribution in [3.8, 4) is 5.13 Å². The van der Waals surface area contributed by atoms with Crippen molar-refractivity contribution in [1.82, 2.24) is 14.8 Å². The number of rotatable bonds is 6. The number of nitrogens with zero attached hydrogens (tertiary/aromatic N) is 3. The molecule has 0 unspecified atom stereocenters. The molecule has 0 aliphatic rings. The van der Waals surface area contributed by atoms with Crippen molar-refractivity contribution in [1.29, 1.82) is 0 Å². The highest BCUT2D eigenvalue weighted by molar-refractivity contribution is 7.20. The highest BCUT2D eigenvalue weighted by Crippen LogP contribution is 2.23. The second-order valence-corrected chi connectivity index (χ2v) is 7.32. The summed E-state index contributed by atoms with van der Waals surface area (Å²) in [6.07, 6.45) is 3.43. The molecule has 1 N–H and O–H groups in total. The van der Waals surface area contributed by atoms with Crippen LogP contribution in [-0.2, 0) is 13.0 Å². The summed E-state index contributed by atoms with van der Waals surface area (Å²) in [5.41, 5.74) is 3.43. The number of nitrogens with one attached hydrogen (secondary N) is 1. The number of thiazole rings is 1. The zero-order valence-corrected chi connectivity index (χ0v) is 15.9. The molecule has 0 spiro atoms. The molecule has 5 nitrogen and oxygen atoms in total. The maximum atomic E-state index is 13.0. The fourth-order valence-corrected chi connectivity index (χ4v) is 3.91. The van der Waals surface area contributed by atoms with E-state index in [2.05, 4.69) is 22.0 Å². The largest absolute Gasteiger partial charge is 0.292 e. The van der Waals surface area contributed by atoms with E-state index in [-0.39, 0.29) is 5.56 Å². The van der Waals surface area contributed by atoms with Crippen LogP contribution in [0.25, 0.3) is 15.3 Å². The Morgan fingerprint density at radius 3 is 2.70 bits per heavy atom. The summed E-state index contributed by atoms with van der Waals surface area (Å²) in [5.74, 6) is 0. The van der Waals surface area contributed by atoms with E-state index in [4.69, 9.17) is 0 Å². The molecule has 2 aromatic carbocycles. The Morgan fingerprint density at radius 2 is 1.93 bits per heavy atom. The molecule has 0 saturated carbocycles. The quantitative estimate of drug-likeness (QED) is 0.509. The van der Waals surface area contributed by atoms with Gasteiger partial charge in [0.1, 0.15) is 0 Å². The minimum absolute atomic E-state index is 0.102. The van der Waals surface area contributed by atoms with Gasteiger partial charge in [0.05, 0.1) is 22.3 Å². The number of aliphatic imine (C=N–C) groups is 1. The van der Waals surface area contributed by atoms with Gasteiger partial charge in [-0.25, -0.2) is 4.98 Å². The smallest absolute Gasteiger partial charge is 0.282 e. The summed E-state index contributed by atoms with van der Waals surface area (Å²) < 4.78 is 2.60. The lowest BCUT2D eigenvalue weighted by atomic mass is 10.2. The van der Waals surface area contributed by atoms with Crippen LogP contribution >= 0.6 is 11.3 Å². The second-order valence-electron chi connectivity index (χ2n) is 6.31. The Bertz CT molecular complexity index is 1100. The Hall–Kier alpha value is -2.99. The predicted octanol–water partition coefficient (Wildman–Crippen LogP) is 4.35. The van der Waals surface area contributed by atoms with E-state index in [1.54, 1.807) is 10.9 Å². The molecule has 2 heterocycles. The highest BCUT2D eigenvalue weighted by atomic mass is 32.1. The van der Waals surface area contributed by atoms with Crippen molar-refractivity contribution >= 4 is 27.8 Å². The molecule has 136 valence electrons. The Balaban J connectivity index is 1.69. The fourth-order valence-electron chi connectivity index (χ4n) is 2.99. The van der Waals surface area contributed by atoms with Crippen molar-refractivity contribution in [2.45, 2.75) is 26.3 Å². The molecule has 0 aliphatic carbocycles. The van der Waals surface area contributed by atoms with E-state index in [1.165, 1.54) is 11.3 Å². The molecule has 4 aromatic rings. The standard InChI is InChI=1S/C21H20N4OS/c1-2-8-17-16(14-22-13-15-9-4-3-5-10-15)20(26)25(24-17)21-23-18-11-6-7-12-19(18)27-21/h3-7,9-12,14,24H,2,8,13H2,1H3. The topological polar surface area (TPSA) is 63.0 Å². The Kier molecular flexibility index (Phi) is 4.98. The van der Waals surface area contributed by atoms with Crippen LogP contribution in [0, 0.1) is 0 Å². The number of hydrogen-bond acceptors (Lipinski definition) is 4. The van der Waals surface area contributed by atoms with Gasteiger partial charge >= 0.3 is 0 Å². The lowest BCUT2D eigenvalue weighted by molar-refractivity contribution is 0.790. The van der Waals surface area contributed by atoms with Gasteiger partial charge in [0, 0.05) is 11.9 Å². The molecule has 0 amide bonds. The summed E-state index contributed by atoms with van der Waals surface area (Å²) in [6.45, 7) is 2.65. The summed E-state index contributed by atoms with van der Waals surface area (Å²) in [4.78, 5) is 22.1. The zero-order chi connectivity index (χ0) is 18.6. The average molecular weight is 376 g/mol. The zero-order valence-electron chi connectivity index (χ0n) is 15.1. The number of aryl methyl sites for hydroxylation is 1. The summed E-state index contributed by atoms with van der Waals surface area (Å²) in [6, 6.07) is 17.9. The minimum Gasteiger partial charge on any atom is -0.292 e. The first-order chi connectivity index (χ1) is 13.3. The molecule has 0 atom stereocenters. The third kappa shape index (κ3) is 3.61. The van der Waals surface area contributed by atoms with Gasteiger partial charge in [-0.15, -0.1) is 0 Å². The molecule has 27 heavy (non-hydrogen) atoms. The Labute approximate surface area is 161 Å². The first-order valence-corrected chi connectivity index (χ1v) is 9.81. The number of benzene rings is 2. The number of fused-ring (bicyclic) bond motifs is 1. The highest BCUT2D eigenvalue weighted by Gasteiger charge is 2.15. The fraction of sp³-hybridized carbons (Fsp3) is 0.190. The maximum Gasteiger partial charge on any atom is 0.282 e. The lowest BCUT2D eigenvalue weighted by Crippen LogP contribution is -2.17. The van der Waals surface area contributed by atoms with Crippen molar-refractivity contribution in [2.75, 3.05) is 0 Å². The van der Waals surface area contributed by atoms with Crippen LogP contribution in [0.5, 0.6) is 0 Å². The van der Waals surface area contributed by atoms with Crippen molar-refractivity contribution in [3.63, 3.8) is 0 Å². The third-order valence-electron chi connectivity index (χ3n) is 4.32. The van der Waals surface area contributed by atoms with E-state index in [9.17, 15) is 4.79 Å². The number of H-pyrrole nitrogens is 1. The summed E-state index contributed by atoms with van der Waals surface area (Å²) >= 11 is 1.50. The first-order valence-electron chi connectivity index (χ1n) is 9.00. The van der Waals surface area contributed by atoms with Crippen LogP contribution in [0.1, 0.15) is 30.2 Å². The van der Waals surface area contributed by atoms with Crippen LogP contribution in [0.3, 0.4) is 0 Å². The van der Waals surface area contributed by atoms with E-state index in [0.29, 0.717) is 17.2 Å². The minimum atomic E-state index is -0.102. The number of para-hydroxylation sites is 1. The normalized spacial score (nSPS) is 11.6. The predicted molar refractivity (Wildman–Crippen MR) is 111 cm³/mol. The van der Waals surface area contributed by atoms with Crippen LogP contribution in [0.2, 0.25) is 0 Å². The lowest BCUT2D eigenvalue weighted by Gasteiger charge is -1.96. The molecule has 0 bridgehead atoms. The van der Waals surface area contributed by atoms with Gasteiger partial charge in [-0.1, -0.05) is 67.1 Å². The van der Waals surface area contributed by atoms with E-state index >= 15 is 0 Å². The van der Waals surface area contributed by atoms with Crippen LogP contribution in [0.15, 0.2) is 64.4 Å². The molecule has 4 rings (SSSR count). The third-order valence-corrected chi connectivity index (χ3v) is 5.34. The second kappa shape index (κ2) is 7.72. The van der Waals surface area contributed by atoms with Gasteiger partial charge in [0.15, 0.2) is 0 Å². The Morgan fingerprint density at radius 1 is 1.15 bits per heavy atom. The summed E-state index contributed by atoms with van der Waals surface area (Å²) in [7, 11) is 0. The summed E-state index contributed by atoms with van der Waals surface area (Å²) in [5, 5.41) is 3.89. The van der Waals surface area contributed by atoms with Gasteiger partial charge < -0.3 is 0 Å². The molecule has 0 aliphatic heterocycles. The molecule has 0 radical (unpaired) electrons.